The summed E-state index contributed by atoms with van der Waals surface area (Å²) in [7, 11) is 0. The zero-order valence-electron chi connectivity index (χ0n) is 16.5. The van der Waals surface area contributed by atoms with Gasteiger partial charge in [-0.25, -0.2) is 9.78 Å². The van der Waals surface area contributed by atoms with Crippen LogP contribution in [-0.2, 0) is 16.1 Å². The fraction of sp³-hybridized carbons (Fsp3) is 0.316. The van der Waals surface area contributed by atoms with Gasteiger partial charge in [0.1, 0.15) is 16.9 Å². The van der Waals surface area contributed by atoms with Crippen LogP contribution in [0.3, 0.4) is 0 Å². The van der Waals surface area contributed by atoms with Crippen molar-refractivity contribution in [1.82, 2.24) is 25.3 Å². The highest BCUT2D eigenvalue weighted by Gasteiger charge is 2.47. The van der Waals surface area contributed by atoms with E-state index in [-0.39, 0.29) is 12.1 Å². The van der Waals surface area contributed by atoms with Crippen LogP contribution in [0.2, 0.25) is 0 Å². The second kappa shape index (κ2) is 7.33. The molecular weight excluding hydrogens is 426 g/mol. The summed E-state index contributed by atoms with van der Waals surface area (Å²) < 4.78 is 1.17. The second-order valence-corrected chi connectivity index (χ2v) is 9.35. The quantitative estimate of drug-likeness (QED) is 0.585. The van der Waals surface area contributed by atoms with Crippen molar-refractivity contribution in [3.63, 3.8) is 0 Å². The van der Waals surface area contributed by atoms with Gasteiger partial charge in [-0.3, -0.25) is 24.4 Å². The summed E-state index contributed by atoms with van der Waals surface area (Å²) in [4.78, 5) is 56.9. The van der Waals surface area contributed by atoms with Gasteiger partial charge in [0.2, 0.25) is 0 Å². The topological polar surface area (TPSA) is 113 Å². The summed E-state index contributed by atoms with van der Waals surface area (Å²) in [6.07, 6.45) is 1.68. The van der Waals surface area contributed by atoms with E-state index in [4.69, 9.17) is 0 Å². The molecule has 0 bridgehead atoms. The summed E-state index contributed by atoms with van der Waals surface area (Å²) >= 11 is 2.94. The van der Waals surface area contributed by atoms with Crippen molar-refractivity contribution in [2.45, 2.75) is 39.3 Å². The third-order valence-corrected chi connectivity index (χ3v) is 7.01. The molecule has 1 unspecified atom stereocenters. The first-order chi connectivity index (χ1) is 14.2. The number of hydrogen-bond donors (Lipinski definition) is 2. The van der Waals surface area contributed by atoms with Crippen LogP contribution in [0.25, 0.3) is 20.7 Å². The Morgan fingerprint density at radius 1 is 1.30 bits per heavy atom. The number of thiophene rings is 2. The summed E-state index contributed by atoms with van der Waals surface area (Å²) in [5.41, 5.74) is 1.65. The highest BCUT2D eigenvalue weighted by molar-refractivity contribution is 7.19. The molecule has 156 valence electrons. The number of aryl methyl sites for hydroxylation is 1. The third kappa shape index (κ3) is 3.29. The van der Waals surface area contributed by atoms with Crippen LogP contribution in [-0.4, -0.2) is 37.9 Å². The largest absolute Gasteiger partial charge is 0.344 e. The van der Waals surface area contributed by atoms with Gasteiger partial charge in [0, 0.05) is 20.7 Å². The molecular formula is C19H19N5O4S2. The number of aromatic nitrogens is 2. The zero-order chi connectivity index (χ0) is 21.6. The minimum Gasteiger partial charge on any atom is -0.322 e. The molecule has 4 rings (SSSR count). The van der Waals surface area contributed by atoms with Crippen molar-refractivity contribution < 1.29 is 14.4 Å². The second-order valence-electron chi connectivity index (χ2n) is 7.21. The molecule has 9 nitrogen and oxygen atoms in total. The maximum atomic E-state index is 13.0. The van der Waals surface area contributed by atoms with Gasteiger partial charge < -0.3 is 5.32 Å². The minimum atomic E-state index is -1.06. The Morgan fingerprint density at radius 2 is 2.07 bits per heavy atom. The molecule has 1 aliphatic rings. The molecule has 0 aliphatic carbocycles. The average Bonchev–Trinajstić information content (AvgIpc) is 3.38. The Kier molecular flexibility index (Phi) is 4.94. The number of rotatable bonds is 5. The van der Waals surface area contributed by atoms with E-state index in [1.807, 2.05) is 24.4 Å². The molecule has 1 atom stereocenters. The van der Waals surface area contributed by atoms with Crippen molar-refractivity contribution >= 4 is 50.7 Å². The number of carbonyl (C=O) groups is 3. The molecule has 0 spiro atoms. The van der Waals surface area contributed by atoms with E-state index in [1.165, 1.54) is 22.2 Å². The van der Waals surface area contributed by atoms with E-state index in [2.05, 4.69) is 15.7 Å². The standard InChI is InChI=1S/C19H19N5O4S2/c1-4-19(3)17(27)24(18(28)21-19)22-13(25)7-23-9-20-15-14(16(23)26)11(8-29-15)12-6-5-10(2)30-12/h5-6,8-9H,4,7H2,1-3H3,(H,21,28)(H,22,25). The Hall–Kier alpha value is -3.05. The number of urea groups is 1. The molecule has 11 heteroatoms. The van der Waals surface area contributed by atoms with E-state index in [0.717, 1.165) is 15.3 Å². The van der Waals surface area contributed by atoms with E-state index in [0.29, 0.717) is 21.6 Å². The lowest BCUT2D eigenvalue weighted by Crippen LogP contribution is -2.49. The summed E-state index contributed by atoms with van der Waals surface area (Å²) in [5, 5.41) is 5.55. The summed E-state index contributed by atoms with van der Waals surface area (Å²) in [6, 6.07) is 3.23. The first-order valence-electron chi connectivity index (χ1n) is 9.23. The molecule has 4 amide bonds. The van der Waals surface area contributed by atoms with E-state index >= 15 is 0 Å². The van der Waals surface area contributed by atoms with Crippen LogP contribution in [0.5, 0.6) is 0 Å². The van der Waals surface area contributed by atoms with Crippen LogP contribution >= 0.6 is 22.7 Å². The fourth-order valence-electron chi connectivity index (χ4n) is 3.18. The highest BCUT2D eigenvalue weighted by Crippen LogP contribution is 2.34. The van der Waals surface area contributed by atoms with Gasteiger partial charge in [0.25, 0.3) is 17.4 Å². The molecule has 3 aromatic heterocycles. The molecule has 0 saturated carbocycles. The van der Waals surface area contributed by atoms with Gasteiger partial charge in [-0.1, -0.05) is 6.92 Å². The Bertz CT molecular complexity index is 1240. The van der Waals surface area contributed by atoms with Crippen molar-refractivity contribution in [2.24, 2.45) is 0 Å². The molecule has 3 aromatic rings. The molecule has 1 aliphatic heterocycles. The van der Waals surface area contributed by atoms with Gasteiger partial charge in [0.15, 0.2) is 0 Å². The van der Waals surface area contributed by atoms with Gasteiger partial charge in [0.05, 0.1) is 11.7 Å². The lowest BCUT2D eigenvalue weighted by molar-refractivity contribution is -0.139. The molecule has 1 saturated heterocycles. The van der Waals surface area contributed by atoms with Gasteiger partial charge in [-0.15, -0.1) is 22.7 Å². The Morgan fingerprint density at radius 3 is 2.70 bits per heavy atom. The minimum absolute atomic E-state index is 0.354. The predicted molar refractivity (Wildman–Crippen MR) is 114 cm³/mol. The maximum Gasteiger partial charge on any atom is 0.344 e. The van der Waals surface area contributed by atoms with Gasteiger partial charge in [-0.2, -0.15) is 5.01 Å². The molecule has 0 radical (unpaired) electrons. The number of hydrazine groups is 1. The van der Waals surface area contributed by atoms with Gasteiger partial charge in [-0.05, 0) is 32.4 Å². The summed E-state index contributed by atoms with van der Waals surface area (Å²) in [6.45, 7) is 4.97. The number of fused-ring (bicyclic) bond motifs is 1. The first kappa shape index (κ1) is 20.2. The fourth-order valence-corrected chi connectivity index (χ4v) is 5.04. The van der Waals surface area contributed by atoms with Crippen LogP contribution in [0.15, 0.2) is 28.6 Å². The smallest absolute Gasteiger partial charge is 0.322 e. The monoisotopic (exact) mass is 445 g/mol. The zero-order valence-corrected chi connectivity index (χ0v) is 18.1. The van der Waals surface area contributed by atoms with Gasteiger partial charge >= 0.3 is 6.03 Å². The SMILES string of the molecule is CCC1(C)NC(=O)N(NC(=O)Cn2cnc3scc(-c4ccc(C)s4)c3c2=O)C1=O. The molecule has 30 heavy (non-hydrogen) atoms. The molecule has 2 N–H and O–H groups in total. The number of imide groups is 1. The Balaban J connectivity index is 1.59. The van der Waals surface area contributed by atoms with E-state index in [1.54, 1.807) is 25.2 Å². The van der Waals surface area contributed by atoms with Crippen LogP contribution in [0, 0.1) is 6.92 Å². The molecule has 0 aromatic carbocycles. The van der Waals surface area contributed by atoms with E-state index in [9.17, 15) is 19.2 Å². The first-order valence-corrected chi connectivity index (χ1v) is 10.9. The molecule has 1 fully saturated rings. The van der Waals surface area contributed by atoms with Crippen molar-refractivity contribution in [1.29, 1.82) is 0 Å². The highest BCUT2D eigenvalue weighted by atomic mass is 32.1. The number of amides is 4. The van der Waals surface area contributed by atoms with Crippen LogP contribution in [0.4, 0.5) is 4.79 Å². The Labute approximate surface area is 179 Å². The van der Waals surface area contributed by atoms with Crippen molar-refractivity contribution in [3.8, 4) is 10.4 Å². The lowest BCUT2D eigenvalue weighted by Gasteiger charge is -2.19. The average molecular weight is 446 g/mol. The normalized spacial score (nSPS) is 18.8. The van der Waals surface area contributed by atoms with Crippen LogP contribution in [0.1, 0.15) is 25.1 Å². The number of carbonyl (C=O) groups excluding carboxylic acids is 3. The number of nitrogens with zero attached hydrogens (tertiary/aromatic N) is 3. The third-order valence-electron chi connectivity index (χ3n) is 5.09. The predicted octanol–water partition coefficient (Wildman–Crippen LogP) is 2.25. The molecule has 4 heterocycles. The number of hydrogen-bond acceptors (Lipinski definition) is 7. The van der Waals surface area contributed by atoms with Crippen molar-refractivity contribution in [3.05, 3.63) is 39.1 Å². The lowest BCUT2D eigenvalue weighted by atomic mass is 10.00. The summed E-state index contributed by atoms with van der Waals surface area (Å²) in [5.74, 6) is -1.22. The number of nitrogens with one attached hydrogen (secondary N) is 2. The van der Waals surface area contributed by atoms with Crippen molar-refractivity contribution in [2.75, 3.05) is 0 Å². The van der Waals surface area contributed by atoms with Crippen LogP contribution < -0.4 is 16.3 Å². The van der Waals surface area contributed by atoms with E-state index < -0.39 is 23.4 Å². The maximum absolute atomic E-state index is 13.0.